The normalized spacial score (nSPS) is 30.0. The molecule has 1 N–H and O–H groups in total. The molecule has 1 saturated carbocycles. The van der Waals surface area contributed by atoms with E-state index < -0.39 is 0 Å². The number of amides is 1. The number of Topliss-reactive ketones (excluding diaryl/α,β-unsaturated/α-hetero) is 1. The quantitative estimate of drug-likeness (QED) is 0.850. The van der Waals surface area contributed by atoms with Gasteiger partial charge < -0.3 is 9.88 Å². The molecule has 0 aromatic carbocycles. The summed E-state index contributed by atoms with van der Waals surface area (Å²) in [7, 11) is 0. The van der Waals surface area contributed by atoms with Crippen LogP contribution in [0.15, 0.2) is 0 Å². The Hall–Kier alpha value is -1.58. The van der Waals surface area contributed by atoms with E-state index in [9.17, 15) is 9.59 Å². The SMILES string of the molecule is Cc1c(C(=O)N2CC[C@H](C)[C@H]3CCCC[C@H]32)[nH]c2c1C(=O)CCC2. The summed E-state index contributed by atoms with van der Waals surface area (Å²) in [5.41, 5.74) is 3.34. The van der Waals surface area contributed by atoms with Crippen molar-refractivity contribution >= 4 is 11.7 Å². The molecule has 4 nitrogen and oxygen atoms in total. The summed E-state index contributed by atoms with van der Waals surface area (Å²) in [4.78, 5) is 31.0. The van der Waals surface area contributed by atoms with Crippen LogP contribution in [0.25, 0.3) is 0 Å². The van der Waals surface area contributed by atoms with Gasteiger partial charge in [-0.1, -0.05) is 19.8 Å². The van der Waals surface area contributed by atoms with Gasteiger partial charge in [-0.05, 0) is 56.4 Å². The Labute approximate surface area is 144 Å². The molecule has 1 aromatic rings. The molecule has 130 valence electrons. The highest BCUT2D eigenvalue weighted by Gasteiger charge is 2.40. The maximum atomic E-state index is 13.3. The van der Waals surface area contributed by atoms with Gasteiger partial charge in [0.15, 0.2) is 5.78 Å². The van der Waals surface area contributed by atoms with E-state index in [-0.39, 0.29) is 11.7 Å². The molecule has 1 saturated heterocycles. The van der Waals surface area contributed by atoms with Crippen molar-refractivity contribution in [2.24, 2.45) is 11.8 Å². The van der Waals surface area contributed by atoms with Crippen molar-refractivity contribution in [3.8, 4) is 0 Å². The fraction of sp³-hybridized carbons (Fsp3) is 0.700. The summed E-state index contributed by atoms with van der Waals surface area (Å²) in [6.07, 6.45) is 8.43. The van der Waals surface area contributed by atoms with E-state index in [0.717, 1.165) is 55.0 Å². The zero-order chi connectivity index (χ0) is 16.8. The summed E-state index contributed by atoms with van der Waals surface area (Å²) in [5, 5.41) is 0. The molecule has 2 heterocycles. The standard InChI is InChI=1S/C20H28N2O2/c1-12-10-11-22(16-8-4-3-6-14(12)16)20(24)19-13(2)18-15(21-19)7-5-9-17(18)23/h12,14,16,21H,3-11H2,1-2H3/t12-,14+,16+/m0/s1. The van der Waals surface area contributed by atoms with E-state index in [0.29, 0.717) is 24.1 Å². The lowest BCUT2D eigenvalue weighted by Crippen LogP contribution is -2.52. The first kappa shape index (κ1) is 15.9. The van der Waals surface area contributed by atoms with Gasteiger partial charge in [0.05, 0.1) is 0 Å². The largest absolute Gasteiger partial charge is 0.354 e. The maximum Gasteiger partial charge on any atom is 0.270 e. The number of carbonyl (C=O) groups is 2. The Balaban J connectivity index is 1.65. The Morgan fingerprint density at radius 1 is 1.12 bits per heavy atom. The first-order valence-corrected chi connectivity index (χ1v) is 9.63. The van der Waals surface area contributed by atoms with Crippen LogP contribution < -0.4 is 0 Å². The minimum absolute atomic E-state index is 0.124. The van der Waals surface area contributed by atoms with E-state index in [2.05, 4.69) is 16.8 Å². The van der Waals surface area contributed by atoms with E-state index in [1.54, 1.807) is 0 Å². The van der Waals surface area contributed by atoms with Crippen molar-refractivity contribution in [2.75, 3.05) is 6.54 Å². The molecule has 4 heteroatoms. The summed E-state index contributed by atoms with van der Waals surface area (Å²) in [6, 6.07) is 0.394. The van der Waals surface area contributed by atoms with E-state index in [1.165, 1.54) is 19.3 Å². The van der Waals surface area contributed by atoms with Gasteiger partial charge in [0.1, 0.15) is 5.69 Å². The second kappa shape index (κ2) is 6.05. The summed E-state index contributed by atoms with van der Waals surface area (Å²) in [6.45, 7) is 5.15. The van der Waals surface area contributed by atoms with Crippen LogP contribution in [-0.2, 0) is 6.42 Å². The molecular weight excluding hydrogens is 300 g/mol. The summed E-state index contributed by atoms with van der Waals surface area (Å²) in [5.74, 6) is 1.70. The van der Waals surface area contributed by atoms with Crippen LogP contribution in [0.3, 0.4) is 0 Å². The molecule has 0 radical (unpaired) electrons. The van der Waals surface area contributed by atoms with E-state index in [1.807, 2.05) is 6.92 Å². The molecule has 0 bridgehead atoms. The number of aromatic nitrogens is 1. The minimum Gasteiger partial charge on any atom is -0.354 e. The fourth-order valence-electron chi connectivity index (χ4n) is 5.30. The number of carbonyl (C=O) groups excluding carboxylic acids is 2. The average Bonchev–Trinajstić information content (AvgIpc) is 2.93. The number of fused-ring (bicyclic) bond motifs is 2. The summed E-state index contributed by atoms with van der Waals surface area (Å²) >= 11 is 0. The minimum atomic E-state index is 0.124. The number of rotatable bonds is 1. The van der Waals surface area contributed by atoms with Crippen molar-refractivity contribution in [3.05, 3.63) is 22.5 Å². The monoisotopic (exact) mass is 328 g/mol. The lowest BCUT2D eigenvalue weighted by Gasteiger charge is -2.47. The number of hydrogen-bond acceptors (Lipinski definition) is 2. The third-order valence-electron chi connectivity index (χ3n) is 6.65. The second-order valence-corrected chi connectivity index (χ2v) is 8.04. The molecule has 3 atom stereocenters. The highest BCUT2D eigenvalue weighted by atomic mass is 16.2. The van der Waals surface area contributed by atoms with Crippen molar-refractivity contribution < 1.29 is 9.59 Å². The zero-order valence-corrected chi connectivity index (χ0v) is 14.9. The molecular formula is C20H28N2O2. The van der Waals surface area contributed by atoms with Gasteiger partial charge in [0.25, 0.3) is 5.91 Å². The lowest BCUT2D eigenvalue weighted by atomic mass is 9.72. The van der Waals surface area contributed by atoms with Gasteiger partial charge in [-0.25, -0.2) is 0 Å². The number of piperidine rings is 1. The van der Waals surface area contributed by atoms with E-state index in [4.69, 9.17) is 0 Å². The van der Waals surface area contributed by atoms with Gasteiger partial charge >= 0.3 is 0 Å². The Bertz CT molecular complexity index is 675. The molecule has 0 unspecified atom stereocenters. The van der Waals surface area contributed by atoms with Crippen molar-refractivity contribution in [1.29, 1.82) is 0 Å². The van der Waals surface area contributed by atoms with Crippen molar-refractivity contribution in [2.45, 2.75) is 71.3 Å². The highest BCUT2D eigenvalue weighted by molar-refractivity contribution is 6.04. The molecule has 1 aliphatic heterocycles. The van der Waals surface area contributed by atoms with Gasteiger partial charge in [-0.15, -0.1) is 0 Å². The third-order valence-corrected chi connectivity index (χ3v) is 6.65. The van der Waals surface area contributed by atoms with Crippen LogP contribution in [0.1, 0.15) is 84.0 Å². The molecule has 2 aliphatic carbocycles. The Kier molecular flexibility index (Phi) is 4.01. The molecule has 0 spiro atoms. The number of aromatic amines is 1. The molecule has 1 aromatic heterocycles. The number of likely N-dealkylation sites (tertiary alicyclic amines) is 1. The lowest BCUT2D eigenvalue weighted by molar-refractivity contribution is 0.0213. The summed E-state index contributed by atoms with van der Waals surface area (Å²) < 4.78 is 0. The molecule has 24 heavy (non-hydrogen) atoms. The highest BCUT2D eigenvalue weighted by Crippen LogP contribution is 2.39. The van der Waals surface area contributed by atoms with Crippen LogP contribution in [0.2, 0.25) is 0 Å². The number of H-pyrrole nitrogens is 1. The number of aryl methyl sites for hydroxylation is 1. The number of nitrogens with one attached hydrogen (secondary N) is 1. The molecule has 4 rings (SSSR count). The molecule has 1 amide bonds. The smallest absolute Gasteiger partial charge is 0.270 e. The average molecular weight is 328 g/mol. The van der Waals surface area contributed by atoms with Gasteiger partial charge in [0, 0.05) is 30.3 Å². The number of hydrogen-bond donors (Lipinski definition) is 1. The predicted octanol–water partition coefficient (Wildman–Crippen LogP) is 3.88. The number of ketones is 1. The topological polar surface area (TPSA) is 53.2 Å². The maximum absolute atomic E-state index is 13.3. The molecule has 2 fully saturated rings. The van der Waals surface area contributed by atoms with Crippen LogP contribution in [-0.4, -0.2) is 34.2 Å². The molecule has 3 aliphatic rings. The van der Waals surface area contributed by atoms with Crippen LogP contribution in [0.4, 0.5) is 0 Å². The van der Waals surface area contributed by atoms with Crippen LogP contribution in [0, 0.1) is 18.8 Å². The first-order valence-electron chi connectivity index (χ1n) is 9.63. The van der Waals surface area contributed by atoms with Crippen LogP contribution >= 0.6 is 0 Å². The Morgan fingerprint density at radius 3 is 2.71 bits per heavy atom. The van der Waals surface area contributed by atoms with Crippen molar-refractivity contribution in [1.82, 2.24) is 9.88 Å². The van der Waals surface area contributed by atoms with Gasteiger partial charge in [-0.3, -0.25) is 9.59 Å². The van der Waals surface area contributed by atoms with E-state index >= 15 is 0 Å². The fourth-order valence-corrected chi connectivity index (χ4v) is 5.30. The second-order valence-electron chi connectivity index (χ2n) is 8.04. The zero-order valence-electron chi connectivity index (χ0n) is 14.9. The third kappa shape index (κ3) is 2.42. The van der Waals surface area contributed by atoms with Gasteiger partial charge in [-0.2, -0.15) is 0 Å². The first-order chi connectivity index (χ1) is 11.6. The van der Waals surface area contributed by atoms with Gasteiger partial charge in [0.2, 0.25) is 0 Å². The van der Waals surface area contributed by atoms with Crippen LogP contribution in [0.5, 0.6) is 0 Å². The van der Waals surface area contributed by atoms with Crippen molar-refractivity contribution in [3.63, 3.8) is 0 Å². The predicted molar refractivity (Wildman–Crippen MR) is 93.4 cm³/mol. The number of nitrogens with zero attached hydrogens (tertiary/aromatic N) is 1. The Morgan fingerprint density at radius 2 is 1.92 bits per heavy atom.